The van der Waals surface area contributed by atoms with Crippen LogP contribution in [-0.4, -0.2) is 12.0 Å². The summed E-state index contributed by atoms with van der Waals surface area (Å²) in [6.07, 6.45) is -0.858. The molecule has 0 saturated heterocycles. The van der Waals surface area contributed by atoms with Crippen LogP contribution in [0.2, 0.25) is 5.02 Å². The number of amides is 1. The van der Waals surface area contributed by atoms with E-state index in [1.165, 1.54) is 37.3 Å². The number of carbonyl (C=O) groups is 1. The summed E-state index contributed by atoms with van der Waals surface area (Å²) in [5, 5.41) is 2.62. The van der Waals surface area contributed by atoms with Gasteiger partial charge in [-0.3, -0.25) is 4.79 Å². The third kappa shape index (κ3) is 4.18. The van der Waals surface area contributed by atoms with Crippen LogP contribution in [0, 0.1) is 11.6 Å². The van der Waals surface area contributed by atoms with Crippen LogP contribution >= 0.6 is 27.5 Å². The van der Waals surface area contributed by atoms with Gasteiger partial charge in [0.25, 0.3) is 5.91 Å². The molecular weight excluding hydrogens is 380 g/mol. The summed E-state index contributed by atoms with van der Waals surface area (Å²) >= 11 is 8.99. The van der Waals surface area contributed by atoms with Gasteiger partial charge in [0.05, 0.1) is 15.2 Å². The van der Waals surface area contributed by atoms with Crippen molar-refractivity contribution in [3.05, 3.63) is 57.5 Å². The standard InChI is InChI=1S/C15H11BrClF2NO2/c1-8(22-14-5-3-9(18)6-11(14)16)15(21)20-13-4-2-10(19)7-12(13)17/h2-8H,1H3,(H,20,21). The maximum absolute atomic E-state index is 13.0. The molecule has 2 rings (SSSR count). The third-order valence-corrected chi connectivity index (χ3v) is 3.69. The predicted octanol–water partition coefficient (Wildman–Crippen LogP) is 4.79. The topological polar surface area (TPSA) is 38.3 Å². The van der Waals surface area contributed by atoms with E-state index in [0.29, 0.717) is 10.2 Å². The van der Waals surface area contributed by atoms with Gasteiger partial charge in [0.15, 0.2) is 6.10 Å². The van der Waals surface area contributed by atoms with Crippen molar-refractivity contribution in [2.75, 3.05) is 5.32 Å². The van der Waals surface area contributed by atoms with E-state index >= 15 is 0 Å². The zero-order valence-electron chi connectivity index (χ0n) is 11.4. The van der Waals surface area contributed by atoms with Gasteiger partial charge in [-0.15, -0.1) is 0 Å². The van der Waals surface area contributed by atoms with E-state index < -0.39 is 23.6 Å². The van der Waals surface area contributed by atoms with Crippen molar-refractivity contribution in [2.24, 2.45) is 0 Å². The summed E-state index contributed by atoms with van der Waals surface area (Å²) in [5.41, 5.74) is 0.279. The van der Waals surface area contributed by atoms with Crippen molar-refractivity contribution in [3.63, 3.8) is 0 Å². The number of benzene rings is 2. The van der Waals surface area contributed by atoms with Crippen molar-refractivity contribution in [3.8, 4) is 5.75 Å². The minimum absolute atomic E-state index is 0.0866. The number of carbonyl (C=O) groups excluding carboxylic acids is 1. The monoisotopic (exact) mass is 389 g/mol. The number of ether oxygens (including phenoxy) is 1. The zero-order chi connectivity index (χ0) is 16.3. The van der Waals surface area contributed by atoms with E-state index in [1.54, 1.807) is 0 Å². The summed E-state index contributed by atoms with van der Waals surface area (Å²) in [4.78, 5) is 12.1. The van der Waals surface area contributed by atoms with Crippen molar-refractivity contribution in [1.29, 1.82) is 0 Å². The summed E-state index contributed by atoms with van der Waals surface area (Å²) in [5.74, 6) is -1.06. The first-order chi connectivity index (χ1) is 10.4. The molecule has 1 N–H and O–H groups in total. The highest BCUT2D eigenvalue weighted by Gasteiger charge is 2.17. The highest BCUT2D eigenvalue weighted by atomic mass is 79.9. The van der Waals surface area contributed by atoms with Crippen LogP contribution in [0.1, 0.15) is 6.92 Å². The second-order valence-electron chi connectivity index (χ2n) is 4.45. The van der Waals surface area contributed by atoms with Gasteiger partial charge in [-0.1, -0.05) is 11.6 Å². The molecule has 0 saturated carbocycles. The van der Waals surface area contributed by atoms with Gasteiger partial charge in [-0.25, -0.2) is 8.78 Å². The Morgan fingerprint density at radius 1 is 1.23 bits per heavy atom. The number of rotatable bonds is 4. The van der Waals surface area contributed by atoms with Gasteiger partial charge in [-0.2, -0.15) is 0 Å². The first-order valence-corrected chi connectivity index (χ1v) is 7.41. The SMILES string of the molecule is CC(Oc1ccc(F)cc1Br)C(=O)Nc1ccc(F)cc1Cl. The van der Waals surface area contributed by atoms with Crippen molar-refractivity contribution in [1.82, 2.24) is 0 Å². The Kier molecular flexibility index (Phi) is 5.37. The Hall–Kier alpha value is -1.66. The third-order valence-electron chi connectivity index (χ3n) is 2.76. The number of hydrogen-bond acceptors (Lipinski definition) is 2. The molecule has 7 heteroatoms. The second kappa shape index (κ2) is 7.07. The van der Waals surface area contributed by atoms with E-state index in [0.717, 1.165) is 6.07 Å². The first kappa shape index (κ1) is 16.7. The molecule has 22 heavy (non-hydrogen) atoms. The lowest BCUT2D eigenvalue weighted by Gasteiger charge is -2.16. The van der Waals surface area contributed by atoms with E-state index in [2.05, 4.69) is 21.2 Å². The summed E-state index contributed by atoms with van der Waals surface area (Å²) < 4.78 is 31.8. The van der Waals surface area contributed by atoms with E-state index in [4.69, 9.17) is 16.3 Å². The molecule has 116 valence electrons. The number of nitrogens with one attached hydrogen (secondary N) is 1. The molecule has 0 spiro atoms. The average Bonchev–Trinajstić information content (AvgIpc) is 2.44. The lowest BCUT2D eigenvalue weighted by Crippen LogP contribution is -2.30. The largest absolute Gasteiger partial charge is 0.480 e. The van der Waals surface area contributed by atoms with Gasteiger partial charge in [0.1, 0.15) is 17.4 Å². The fraction of sp³-hybridized carbons (Fsp3) is 0.133. The lowest BCUT2D eigenvalue weighted by molar-refractivity contribution is -0.122. The molecule has 0 aliphatic rings. The molecule has 1 atom stereocenters. The fourth-order valence-corrected chi connectivity index (χ4v) is 2.30. The van der Waals surface area contributed by atoms with E-state index in [9.17, 15) is 13.6 Å². The number of halogens is 4. The Bertz CT molecular complexity index is 712. The molecule has 0 aliphatic carbocycles. The first-order valence-electron chi connectivity index (χ1n) is 6.24. The summed E-state index contributed by atoms with van der Waals surface area (Å²) in [6.45, 7) is 1.53. The van der Waals surface area contributed by atoms with Crippen molar-refractivity contribution < 1.29 is 18.3 Å². The predicted molar refractivity (Wildman–Crippen MR) is 84.2 cm³/mol. The van der Waals surface area contributed by atoms with Crippen LogP contribution in [0.5, 0.6) is 5.75 Å². The fourth-order valence-electron chi connectivity index (χ4n) is 1.64. The number of anilines is 1. The highest BCUT2D eigenvalue weighted by molar-refractivity contribution is 9.10. The minimum Gasteiger partial charge on any atom is -0.480 e. The number of hydrogen-bond donors (Lipinski definition) is 1. The van der Waals surface area contributed by atoms with Gasteiger partial charge in [0.2, 0.25) is 0 Å². The Balaban J connectivity index is 2.05. The van der Waals surface area contributed by atoms with Gasteiger partial charge < -0.3 is 10.1 Å². The molecule has 0 radical (unpaired) electrons. The molecule has 1 unspecified atom stereocenters. The van der Waals surface area contributed by atoms with E-state index in [-0.39, 0.29) is 10.7 Å². The summed E-state index contributed by atoms with van der Waals surface area (Å²) in [7, 11) is 0. The molecule has 1 amide bonds. The molecule has 0 fully saturated rings. The minimum atomic E-state index is -0.858. The van der Waals surface area contributed by atoms with Crippen molar-refractivity contribution >= 4 is 39.1 Å². The maximum Gasteiger partial charge on any atom is 0.265 e. The van der Waals surface area contributed by atoms with Crippen LogP contribution < -0.4 is 10.1 Å². The Morgan fingerprint density at radius 3 is 2.50 bits per heavy atom. The van der Waals surface area contributed by atoms with Crippen LogP contribution in [0.25, 0.3) is 0 Å². The molecule has 2 aromatic rings. The Morgan fingerprint density at radius 2 is 1.86 bits per heavy atom. The lowest BCUT2D eigenvalue weighted by atomic mass is 10.3. The molecule has 3 nitrogen and oxygen atoms in total. The van der Waals surface area contributed by atoms with Crippen LogP contribution in [0.4, 0.5) is 14.5 Å². The second-order valence-corrected chi connectivity index (χ2v) is 5.71. The Labute approximate surface area is 139 Å². The van der Waals surface area contributed by atoms with Crippen LogP contribution in [-0.2, 0) is 4.79 Å². The molecule has 0 aliphatic heterocycles. The van der Waals surface area contributed by atoms with Gasteiger partial charge in [-0.05, 0) is 59.3 Å². The molecule has 0 aromatic heterocycles. The van der Waals surface area contributed by atoms with Crippen LogP contribution in [0.3, 0.4) is 0 Å². The maximum atomic E-state index is 13.0. The molecule has 2 aromatic carbocycles. The average molecular weight is 391 g/mol. The van der Waals surface area contributed by atoms with Crippen LogP contribution in [0.15, 0.2) is 40.9 Å². The molecule has 0 heterocycles. The molecule has 0 bridgehead atoms. The van der Waals surface area contributed by atoms with Gasteiger partial charge in [0, 0.05) is 0 Å². The molecular formula is C15H11BrClF2NO2. The smallest absolute Gasteiger partial charge is 0.265 e. The highest BCUT2D eigenvalue weighted by Crippen LogP contribution is 2.27. The summed E-state index contributed by atoms with van der Waals surface area (Å²) in [6, 6.07) is 7.51. The quantitative estimate of drug-likeness (QED) is 0.815. The zero-order valence-corrected chi connectivity index (χ0v) is 13.7. The van der Waals surface area contributed by atoms with Gasteiger partial charge >= 0.3 is 0 Å². The van der Waals surface area contributed by atoms with E-state index in [1.807, 2.05) is 0 Å². The normalized spacial score (nSPS) is 11.9. The van der Waals surface area contributed by atoms with Crippen molar-refractivity contribution in [2.45, 2.75) is 13.0 Å².